The summed E-state index contributed by atoms with van der Waals surface area (Å²) in [4.78, 5) is 57.5. The van der Waals surface area contributed by atoms with Crippen LogP contribution in [0.1, 0.15) is 31.1 Å². The molecule has 0 radical (unpaired) electrons. The Labute approximate surface area is 185 Å². The Bertz CT molecular complexity index is 1260. The number of nitro benzene ring substituents is 2. The maximum absolute atomic E-state index is 12.4. The Balaban J connectivity index is 1.63. The van der Waals surface area contributed by atoms with Crippen molar-refractivity contribution in [3.05, 3.63) is 110 Å². The number of hydrazine groups is 1. The van der Waals surface area contributed by atoms with E-state index in [9.17, 15) is 34.6 Å². The number of hydrogen-bond acceptors (Lipinski definition) is 7. The third-order valence-corrected chi connectivity index (χ3v) is 4.39. The zero-order valence-corrected chi connectivity index (χ0v) is 16.7. The van der Waals surface area contributed by atoms with Crippen LogP contribution < -0.4 is 16.2 Å². The summed E-state index contributed by atoms with van der Waals surface area (Å²) >= 11 is 0. The molecule has 0 fully saturated rings. The molecule has 166 valence electrons. The Hall–Kier alpha value is -5.13. The predicted octanol–water partition coefficient (Wildman–Crippen LogP) is 2.83. The van der Waals surface area contributed by atoms with Crippen LogP contribution in [-0.4, -0.2) is 27.6 Å². The van der Waals surface area contributed by atoms with Gasteiger partial charge in [0.15, 0.2) is 0 Å². The number of nitro groups is 2. The number of benzene rings is 3. The van der Waals surface area contributed by atoms with Crippen LogP contribution >= 0.6 is 0 Å². The Morgan fingerprint density at radius 1 is 0.606 bits per heavy atom. The first-order valence-corrected chi connectivity index (χ1v) is 9.27. The molecule has 0 saturated carbocycles. The lowest BCUT2D eigenvalue weighted by molar-refractivity contribution is -0.385. The van der Waals surface area contributed by atoms with Gasteiger partial charge in [0.2, 0.25) is 0 Å². The summed E-state index contributed by atoms with van der Waals surface area (Å²) in [6, 6.07) is 16.2. The number of carbonyl (C=O) groups excluding carboxylic acids is 3. The van der Waals surface area contributed by atoms with E-state index in [4.69, 9.17) is 0 Å². The second-order valence-corrected chi connectivity index (χ2v) is 6.49. The highest BCUT2D eigenvalue weighted by molar-refractivity contribution is 6.07. The maximum Gasteiger partial charge on any atom is 0.282 e. The molecule has 0 aliphatic heterocycles. The van der Waals surface area contributed by atoms with Gasteiger partial charge in [-0.1, -0.05) is 24.3 Å². The summed E-state index contributed by atoms with van der Waals surface area (Å²) in [5.74, 6) is -2.28. The first kappa shape index (κ1) is 22.6. The van der Waals surface area contributed by atoms with Crippen molar-refractivity contribution in [2.45, 2.75) is 0 Å². The largest absolute Gasteiger partial charge is 0.322 e. The molecule has 3 amide bonds. The van der Waals surface area contributed by atoms with E-state index in [1.807, 2.05) is 0 Å². The van der Waals surface area contributed by atoms with Crippen molar-refractivity contribution in [1.82, 2.24) is 10.9 Å². The van der Waals surface area contributed by atoms with Crippen molar-refractivity contribution in [3.8, 4) is 0 Å². The van der Waals surface area contributed by atoms with Gasteiger partial charge in [-0.3, -0.25) is 45.5 Å². The molecule has 0 unspecified atom stereocenters. The predicted molar refractivity (Wildman–Crippen MR) is 116 cm³/mol. The highest BCUT2D eigenvalue weighted by Crippen LogP contribution is 2.20. The molecule has 3 N–H and O–H groups in total. The number of para-hydroxylation sites is 2. The zero-order valence-electron chi connectivity index (χ0n) is 16.7. The number of nitrogens with one attached hydrogen (secondary N) is 3. The van der Waals surface area contributed by atoms with Gasteiger partial charge in [-0.05, 0) is 36.4 Å². The average molecular weight is 449 g/mol. The molecular weight excluding hydrogens is 434 g/mol. The third kappa shape index (κ3) is 5.32. The van der Waals surface area contributed by atoms with Gasteiger partial charge in [-0.15, -0.1) is 0 Å². The Kier molecular flexibility index (Phi) is 6.69. The lowest BCUT2D eigenvalue weighted by Gasteiger charge is -2.09. The minimum absolute atomic E-state index is 0.113. The molecule has 0 spiro atoms. The molecule has 0 aliphatic carbocycles. The normalized spacial score (nSPS) is 10.1. The molecule has 0 saturated heterocycles. The van der Waals surface area contributed by atoms with Crippen molar-refractivity contribution in [3.63, 3.8) is 0 Å². The lowest BCUT2D eigenvalue weighted by Crippen LogP contribution is -2.41. The Morgan fingerprint density at radius 3 is 1.58 bits per heavy atom. The fourth-order valence-electron chi connectivity index (χ4n) is 2.81. The fourth-order valence-corrected chi connectivity index (χ4v) is 2.81. The second kappa shape index (κ2) is 9.78. The molecule has 12 nitrogen and oxygen atoms in total. The topological polar surface area (TPSA) is 174 Å². The van der Waals surface area contributed by atoms with E-state index < -0.39 is 33.3 Å². The lowest BCUT2D eigenvalue weighted by atomic mass is 10.1. The van der Waals surface area contributed by atoms with Crippen LogP contribution in [0.2, 0.25) is 0 Å². The van der Waals surface area contributed by atoms with E-state index in [1.54, 1.807) is 0 Å². The highest BCUT2D eigenvalue weighted by atomic mass is 16.6. The number of rotatable bonds is 6. The summed E-state index contributed by atoms with van der Waals surface area (Å²) in [7, 11) is 0. The number of nitrogens with zero attached hydrogens (tertiary/aromatic N) is 2. The van der Waals surface area contributed by atoms with Crippen molar-refractivity contribution in [2.75, 3.05) is 5.32 Å². The van der Waals surface area contributed by atoms with E-state index in [2.05, 4.69) is 16.2 Å². The number of hydrogen-bond donors (Lipinski definition) is 3. The van der Waals surface area contributed by atoms with Gasteiger partial charge < -0.3 is 5.32 Å². The fraction of sp³-hybridized carbons (Fsp3) is 0. The third-order valence-electron chi connectivity index (χ3n) is 4.39. The molecule has 0 bridgehead atoms. The summed E-state index contributed by atoms with van der Waals surface area (Å²) in [5.41, 5.74) is 3.53. The summed E-state index contributed by atoms with van der Waals surface area (Å²) in [6.45, 7) is 0. The van der Waals surface area contributed by atoms with Gasteiger partial charge >= 0.3 is 0 Å². The first-order chi connectivity index (χ1) is 15.8. The smallest absolute Gasteiger partial charge is 0.282 e. The maximum atomic E-state index is 12.4. The average Bonchev–Trinajstić information content (AvgIpc) is 2.82. The van der Waals surface area contributed by atoms with Gasteiger partial charge in [0, 0.05) is 23.4 Å². The summed E-state index contributed by atoms with van der Waals surface area (Å²) in [6.07, 6.45) is 0. The minimum atomic E-state index is -0.871. The first-order valence-electron chi connectivity index (χ1n) is 9.27. The van der Waals surface area contributed by atoms with Gasteiger partial charge in [0.1, 0.15) is 11.1 Å². The number of amides is 3. The standard InChI is InChI=1S/C21H15N5O7/c27-19(23-24-21(29)16-6-2-4-8-18(16)26(32)33)13-9-11-14(12-10-13)22-20(28)15-5-1-3-7-17(15)25(30)31/h1-12H,(H,22,28)(H,23,27)(H,24,29). The van der Waals surface area contributed by atoms with Crippen LogP contribution in [0.3, 0.4) is 0 Å². The van der Waals surface area contributed by atoms with Crippen LogP contribution in [-0.2, 0) is 0 Å². The molecule has 12 heteroatoms. The molecular formula is C21H15N5O7. The van der Waals surface area contributed by atoms with Crippen LogP contribution in [0.25, 0.3) is 0 Å². The van der Waals surface area contributed by atoms with Crippen molar-refractivity contribution < 1.29 is 24.2 Å². The number of carbonyl (C=O) groups is 3. The van der Waals surface area contributed by atoms with E-state index in [-0.39, 0.29) is 28.1 Å². The van der Waals surface area contributed by atoms with Gasteiger partial charge in [-0.25, -0.2) is 0 Å². The van der Waals surface area contributed by atoms with Crippen LogP contribution in [0.15, 0.2) is 72.8 Å². The minimum Gasteiger partial charge on any atom is -0.322 e. The van der Waals surface area contributed by atoms with Gasteiger partial charge in [0.05, 0.1) is 9.85 Å². The van der Waals surface area contributed by atoms with Crippen LogP contribution in [0, 0.1) is 20.2 Å². The van der Waals surface area contributed by atoms with Gasteiger partial charge in [-0.2, -0.15) is 0 Å². The van der Waals surface area contributed by atoms with Crippen LogP contribution in [0.5, 0.6) is 0 Å². The van der Waals surface area contributed by atoms with E-state index >= 15 is 0 Å². The number of anilines is 1. The quantitative estimate of drug-likeness (QED) is 0.383. The SMILES string of the molecule is O=C(NNC(=O)c1ccccc1[N+](=O)[O-])c1ccc(NC(=O)c2ccccc2[N+](=O)[O-])cc1. The zero-order chi connectivity index (χ0) is 24.0. The molecule has 0 aromatic heterocycles. The molecule has 0 atom stereocenters. The molecule has 0 heterocycles. The van der Waals surface area contributed by atoms with E-state index in [0.717, 1.165) is 6.07 Å². The summed E-state index contributed by atoms with van der Waals surface area (Å²) in [5, 5.41) is 24.6. The molecule has 3 rings (SSSR count). The highest BCUT2D eigenvalue weighted by Gasteiger charge is 2.21. The van der Waals surface area contributed by atoms with Crippen molar-refractivity contribution >= 4 is 34.8 Å². The van der Waals surface area contributed by atoms with Crippen LogP contribution in [0.4, 0.5) is 17.1 Å². The Morgan fingerprint density at radius 2 is 1.06 bits per heavy atom. The molecule has 3 aromatic carbocycles. The molecule has 33 heavy (non-hydrogen) atoms. The van der Waals surface area contributed by atoms with E-state index in [1.165, 1.54) is 66.7 Å². The van der Waals surface area contributed by atoms with E-state index in [0.29, 0.717) is 0 Å². The van der Waals surface area contributed by atoms with Crippen molar-refractivity contribution in [1.29, 1.82) is 0 Å². The summed E-state index contributed by atoms with van der Waals surface area (Å²) < 4.78 is 0. The van der Waals surface area contributed by atoms with Gasteiger partial charge in [0.25, 0.3) is 29.1 Å². The molecule has 3 aromatic rings. The second-order valence-electron chi connectivity index (χ2n) is 6.49. The molecule has 0 aliphatic rings. The monoisotopic (exact) mass is 449 g/mol. The van der Waals surface area contributed by atoms with Crippen molar-refractivity contribution in [2.24, 2.45) is 0 Å².